The summed E-state index contributed by atoms with van der Waals surface area (Å²) in [4.78, 5) is 50.4. The number of amides is 4. The van der Waals surface area contributed by atoms with Gasteiger partial charge in [-0.25, -0.2) is 4.79 Å². The van der Waals surface area contributed by atoms with Crippen LogP contribution in [0.25, 0.3) is 0 Å². The Morgan fingerprint density at radius 1 is 1.06 bits per heavy atom. The molecule has 0 aliphatic carbocycles. The molecular weight excluding hydrogens is 402 g/mol. The van der Waals surface area contributed by atoms with Gasteiger partial charge in [0.05, 0.1) is 12.7 Å². The van der Waals surface area contributed by atoms with Gasteiger partial charge < -0.3 is 19.7 Å². The average Bonchev–Trinajstić information content (AvgIpc) is 3.01. The molecular formula is C22H23N3O6. The van der Waals surface area contributed by atoms with Crippen molar-refractivity contribution in [2.24, 2.45) is 0 Å². The predicted molar refractivity (Wildman–Crippen MR) is 112 cm³/mol. The monoisotopic (exact) mass is 425 g/mol. The Morgan fingerprint density at radius 2 is 1.77 bits per heavy atom. The van der Waals surface area contributed by atoms with E-state index in [0.29, 0.717) is 29.2 Å². The second-order valence-electron chi connectivity index (χ2n) is 6.94. The van der Waals surface area contributed by atoms with Gasteiger partial charge in [0, 0.05) is 25.7 Å². The number of likely N-dealkylation sites (N-methyl/N-ethyl adjacent to an activating group) is 1. The number of carbonyl (C=O) groups excluding carboxylic acids is 4. The van der Waals surface area contributed by atoms with Crippen LogP contribution in [0.5, 0.6) is 11.5 Å². The van der Waals surface area contributed by atoms with E-state index in [2.05, 4.69) is 5.32 Å². The van der Waals surface area contributed by atoms with Crippen molar-refractivity contribution in [2.45, 2.75) is 12.8 Å². The van der Waals surface area contributed by atoms with Crippen LogP contribution in [0.4, 0.5) is 10.5 Å². The Balaban J connectivity index is 1.48. The molecule has 9 nitrogen and oxygen atoms in total. The van der Waals surface area contributed by atoms with Crippen molar-refractivity contribution < 1.29 is 28.7 Å². The largest absolute Gasteiger partial charge is 0.496 e. The molecule has 1 aliphatic heterocycles. The lowest BCUT2D eigenvalue weighted by Gasteiger charge is -2.13. The van der Waals surface area contributed by atoms with Gasteiger partial charge in [0.15, 0.2) is 0 Å². The first-order valence-electron chi connectivity index (χ1n) is 9.69. The van der Waals surface area contributed by atoms with Gasteiger partial charge in [-0.3, -0.25) is 19.3 Å². The van der Waals surface area contributed by atoms with E-state index in [1.807, 2.05) is 0 Å². The lowest BCUT2D eigenvalue weighted by molar-refractivity contribution is -0.135. The van der Waals surface area contributed by atoms with Crippen LogP contribution in [0.15, 0.2) is 48.5 Å². The van der Waals surface area contributed by atoms with E-state index in [1.165, 1.54) is 12.0 Å². The fourth-order valence-corrected chi connectivity index (χ4v) is 3.09. The summed E-state index contributed by atoms with van der Waals surface area (Å²) < 4.78 is 10.5. The zero-order valence-corrected chi connectivity index (χ0v) is 17.3. The maximum absolute atomic E-state index is 12.4. The molecule has 0 radical (unpaired) electrons. The summed E-state index contributed by atoms with van der Waals surface area (Å²) in [6, 6.07) is 12.9. The summed E-state index contributed by atoms with van der Waals surface area (Å²) in [5.74, 6) is -0.272. The van der Waals surface area contributed by atoms with Crippen molar-refractivity contribution in [1.82, 2.24) is 9.80 Å². The maximum atomic E-state index is 12.4. The van der Waals surface area contributed by atoms with Crippen LogP contribution in [0.2, 0.25) is 0 Å². The fraction of sp³-hybridized carbons (Fsp3) is 0.273. The highest BCUT2D eigenvalue weighted by Gasteiger charge is 2.32. The molecule has 0 unspecified atom stereocenters. The van der Waals surface area contributed by atoms with Crippen LogP contribution in [0, 0.1) is 0 Å². The predicted octanol–water partition coefficient (Wildman–Crippen LogP) is 2.53. The van der Waals surface area contributed by atoms with Gasteiger partial charge >= 0.3 is 12.0 Å². The first-order valence-corrected chi connectivity index (χ1v) is 9.69. The molecule has 4 amide bonds. The zero-order chi connectivity index (χ0) is 22.4. The molecule has 0 spiro atoms. The number of hydrogen-bond acceptors (Lipinski definition) is 6. The van der Waals surface area contributed by atoms with E-state index in [9.17, 15) is 19.2 Å². The SMILES string of the molecule is COc1ccccc1C(=O)Nc1ccc(OC(=O)CCCN2C(=O)CN(C)C2=O)cc1. The van der Waals surface area contributed by atoms with E-state index in [-0.39, 0.29) is 37.4 Å². The summed E-state index contributed by atoms with van der Waals surface area (Å²) in [6.45, 7) is 0.230. The van der Waals surface area contributed by atoms with E-state index >= 15 is 0 Å². The highest BCUT2D eigenvalue weighted by atomic mass is 16.5. The van der Waals surface area contributed by atoms with Crippen molar-refractivity contribution in [2.75, 3.05) is 32.6 Å². The van der Waals surface area contributed by atoms with Crippen molar-refractivity contribution in [3.63, 3.8) is 0 Å². The Morgan fingerprint density at radius 3 is 2.42 bits per heavy atom. The third-order valence-electron chi connectivity index (χ3n) is 4.69. The van der Waals surface area contributed by atoms with Gasteiger partial charge in [0.2, 0.25) is 5.91 Å². The molecule has 1 aliphatic rings. The summed E-state index contributed by atoms with van der Waals surface area (Å²) >= 11 is 0. The number of ether oxygens (including phenoxy) is 2. The number of methoxy groups -OCH3 is 1. The number of anilines is 1. The second kappa shape index (κ2) is 9.75. The Bertz CT molecular complexity index is 989. The normalized spacial score (nSPS) is 13.4. The van der Waals surface area contributed by atoms with Crippen LogP contribution in [-0.2, 0) is 9.59 Å². The average molecular weight is 425 g/mol. The Labute approximate surface area is 179 Å². The van der Waals surface area contributed by atoms with E-state index < -0.39 is 5.97 Å². The van der Waals surface area contributed by atoms with Gasteiger partial charge in [-0.1, -0.05) is 12.1 Å². The number of hydrogen-bond donors (Lipinski definition) is 1. The molecule has 0 aromatic heterocycles. The van der Waals surface area contributed by atoms with E-state index in [1.54, 1.807) is 55.6 Å². The Kier molecular flexibility index (Phi) is 6.86. The van der Waals surface area contributed by atoms with Crippen LogP contribution in [-0.4, -0.2) is 60.9 Å². The summed E-state index contributed by atoms with van der Waals surface area (Å²) in [6.07, 6.45) is 0.379. The molecule has 2 aromatic rings. The first-order chi connectivity index (χ1) is 14.9. The third-order valence-corrected chi connectivity index (χ3v) is 4.69. The quantitative estimate of drug-likeness (QED) is 0.396. The van der Waals surface area contributed by atoms with Gasteiger partial charge in [-0.15, -0.1) is 0 Å². The zero-order valence-electron chi connectivity index (χ0n) is 17.3. The molecule has 31 heavy (non-hydrogen) atoms. The third kappa shape index (κ3) is 5.39. The van der Waals surface area contributed by atoms with E-state index in [4.69, 9.17) is 9.47 Å². The molecule has 0 bridgehead atoms. The fourth-order valence-electron chi connectivity index (χ4n) is 3.09. The topological polar surface area (TPSA) is 105 Å². The molecule has 9 heteroatoms. The highest BCUT2D eigenvalue weighted by Crippen LogP contribution is 2.21. The van der Waals surface area contributed by atoms with Crippen molar-refractivity contribution >= 4 is 29.5 Å². The number of urea groups is 1. The molecule has 0 atom stereocenters. The number of rotatable bonds is 8. The van der Waals surface area contributed by atoms with Crippen molar-refractivity contribution in [3.05, 3.63) is 54.1 Å². The van der Waals surface area contributed by atoms with Crippen LogP contribution in [0.1, 0.15) is 23.2 Å². The number of imide groups is 1. The van der Waals surface area contributed by atoms with Gasteiger partial charge in [0.25, 0.3) is 5.91 Å². The minimum absolute atomic E-state index is 0.0588. The summed E-state index contributed by atoms with van der Waals surface area (Å²) in [5.41, 5.74) is 0.938. The molecule has 2 aromatic carbocycles. The van der Waals surface area contributed by atoms with Crippen LogP contribution in [0.3, 0.4) is 0 Å². The van der Waals surface area contributed by atoms with Gasteiger partial charge in [0.1, 0.15) is 18.0 Å². The first kappa shape index (κ1) is 21.8. The lowest BCUT2D eigenvalue weighted by atomic mass is 10.2. The highest BCUT2D eigenvalue weighted by molar-refractivity contribution is 6.06. The lowest BCUT2D eigenvalue weighted by Crippen LogP contribution is -2.32. The maximum Gasteiger partial charge on any atom is 0.326 e. The number of benzene rings is 2. The molecule has 3 rings (SSSR count). The van der Waals surface area contributed by atoms with Crippen molar-refractivity contribution in [1.29, 1.82) is 0 Å². The minimum atomic E-state index is -0.474. The van der Waals surface area contributed by atoms with E-state index in [0.717, 1.165) is 4.90 Å². The second-order valence-corrected chi connectivity index (χ2v) is 6.94. The summed E-state index contributed by atoms with van der Waals surface area (Å²) in [5, 5.41) is 2.76. The number of carbonyl (C=O) groups is 4. The van der Waals surface area contributed by atoms with Crippen LogP contribution >= 0.6 is 0 Å². The number of para-hydroxylation sites is 1. The standard InChI is InChI=1S/C22H23N3O6/c1-24-14-19(26)25(22(24)29)13-5-8-20(27)31-16-11-9-15(10-12-16)23-21(28)17-6-3-4-7-18(17)30-2/h3-4,6-7,9-12H,5,8,13-14H2,1-2H3,(H,23,28). The Hall–Kier alpha value is -3.88. The molecule has 1 saturated heterocycles. The molecule has 1 fully saturated rings. The molecule has 1 heterocycles. The van der Waals surface area contributed by atoms with Crippen molar-refractivity contribution in [3.8, 4) is 11.5 Å². The minimum Gasteiger partial charge on any atom is -0.496 e. The number of nitrogens with one attached hydrogen (secondary N) is 1. The molecule has 0 saturated carbocycles. The smallest absolute Gasteiger partial charge is 0.326 e. The number of nitrogens with zero attached hydrogens (tertiary/aromatic N) is 2. The number of esters is 1. The molecule has 1 N–H and O–H groups in total. The van der Waals surface area contributed by atoms with Gasteiger partial charge in [-0.2, -0.15) is 0 Å². The molecule has 162 valence electrons. The van der Waals surface area contributed by atoms with Gasteiger partial charge in [-0.05, 0) is 42.8 Å². The van der Waals surface area contributed by atoms with Crippen LogP contribution < -0.4 is 14.8 Å². The summed E-state index contributed by atoms with van der Waals surface area (Å²) in [7, 11) is 3.05.